The van der Waals surface area contributed by atoms with Crippen LogP contribution in [0.1, 0.15) is 122 Å². The van der Waals surface area contributed by atoms with E-state index in [9.17, 15) is 67.1 Å². The van der Waals surface area contributed by atoms with Crippen LogP contribution < -0.4 is 37.5 Å². The Kier molecular flexibility index (Phi) is 47.2. The summed E-state index contributed by atoms with van der Waals surface area (Å²) in [4.78, 5) is 155. The van der Waals surface area contributed by atoms with Gasteiger partial charge in [-0.05, 0) is 247 Å². The molecule has 24 nitrogen and oxygen atoms in total. The molecule has 0 saturated heterocycles. The van der Waals surface area contributed by atoms with Crippen molar-refractivity contribution in [1.29, 1.82) is 0 Å². The Bertz CT molecular complexity index is 6400. The van der Waals surface area contributed by atoms with E-state index in [0.717, 1.165) is 211 Å². The first kappa shape index (κ1) is 111. The van der Waals surface area contributed by atoms with Crippen molar-refractivity contribution in [1.82, 2.24) is 15.1 Å². The molecule has 14 aromatic carbocycles. The average Bonchev–Trinajstić information content (AvgIpc) is 0.867. The molecule has 8 amide bonds. The van der Waals surface area contributed by atoms with Crippen LogP contribution in [0.25, 0.3) is 77.9 Å². The Morgan fingerprint density at radius 2 is 0.524 bits per heavy atom. The Morgan fingerprint density at radius 1 is 0.287 bits per heavy atom. The average molecular weight is 1920 g/mol. The van der Waals surface area contributed by atoms with E-state index < -0.39 is 24.1 Å². The Balaban J connectivity index is 0.000000204. The zero-order valence-electron chi connectivity index (χ0n) is 81.4. The standard InChI is InChI=1S/C18H19NO3.C18H19NO2.C17H17NO3.2C17H17NO2.C16H16N2O2.C16H15NO2/c1-19(2)18(21)22-17-10-8-15(9-11-17)16-7-3-5-14(13-16)6-4-12-20;1-19(2)18(21)16-10-8-15(9-11-16)17-7-3-5-14(13-17)6-4-12-20;1-21-17(20)18-16-9-7-14(8-10-16)15-6-2-4-13(12-15)5-3-11-19;1-18-17(20)15-9-7-14(8-10-15)16-6-2-4-13(12-16)5-3-11-19;1-13(20)18-17-9-7-15(8-10-17)16-6-2-4-14(12-16)5-3-11-19;17-16(20)18-15-8-6-13(7-9-15)14-5-1-3-12(11-14)4-2-10-19;17-16(19)14-8-6-13(7-9-14)15-5-1-3-12(11-15)4-2-10-18/h3,5,7-13H,4,6H2,1-2H3;3,5,7-13H,4,6H2,1-2H3;2,4,6-12H,3,5H2,1H3,(H,18,20);2*2,4,6-12H,3,5H2,1H3,(H,18,20);1,3,5-11H,2,4H2,(H3,17,18,20);1,3,5-11H,2,4H2,(H2,17,19). The van der Waals surface area contributed by atoms with Gasteiger partial charge >= 0.3 is 18.2 Å². The van der Waals surface area contributed by atoms with Gasteiger partial charge in [-0.15, -0.1) is 0 Å². The first-order valence-corrected chi connectivity index (χ1v) is 46.5. The topological polar surface area (TPSA) is 364 Å². The van der Waals surface area contributed by atoms with Gasteiger partial charge in [0.15, 0.2) is 0 Å². The van der Waals surface area contributed by atoms with Crippen molar-refractivity contribution in [2.75, 3.05) is 58.3 Å². The van der Waals surface area contributed by atoms with E-state index in [2.05, 4.69) is 68.5 Å². The Morgan fingerprint density at radius 3 is 0.748 bits per heavy atom. The maximum Gasteiger partial charge on any atom is 0.414 e. The third-order valence-electron chi connectivity index (χ3n) is 21.9. The largest absolute Gasteiger partial charge is 0.453 e. The lowest BCUT2D eigenvalue weighted by atomic mass is 10.00. The fraction of sp³-hybridized carbons (Fsp3) is 0.176. The molecule has 0 radical (unpaired) electrons. The summed E-state index contributed by atoms with van der Waals surface area (Å²) in [5, 5.41) is 10.5. The van der Waals surface area contributed by atoms with Gasteiger partial charge in [0.05, 0.1) is 7.11 Å². The van der Waals surface area contributed by atoms with Crippen LogP contribution in [0.5, 0.6) is 5.75 Å². The summed E-state index contributed by atoms with van der Waals surface area (Å²) < 4.78 is 9.74. The van der Waals surface area contributed by atoms with Crippen LogP contribution in [0.15, 0.2) is 340 Å². The first-order valence-electron chi connectivity index (χ1n) is 46.5. The number of carbonyl (C=O) groups excluding carboxylic acids is 14. The maximum atomic E-state index is 11.9. The van der Waals surface area contributed by atoms with Crippen molar-refractivity contribution < 1.29 is 76.6 Å². The summed E-state index contributed by atoms with van der Waals surface area (Å²) in [5.41, 5.74) is 37.2. The molecule has 14 aromatic rings. The molecular weight excluding hydrogens is 1800 g/mol. The number of hydrogen-bond acceptors (Lipinski definition) is 16. The lowest BCUT2D eigenvalue weighted by Crippen LogP contribution is -2.25. The fourth-order valence-electron chi connectivity index (χ4n) is 14.4. The molecule has 732 valence electrons. The molecule has 0 aliphatic heterocycles. The third kappa shape index (κ3) is 39.1. The van der Waals surface area contributed by atoms with Gasteiger partial charge in [-0.3, -0.25) is 24.5 Å². The number of carbonyl (C=O) groups is 14. The maximum absolute atomic E-state index is 11.9. The van der Waals surface area contributed by atoms with Gasteiger partial charge in [-0.1, -0.05) is 255 Å². The molecule has 0 spiro atoms. The molecule has 0 unspecified atom stereocenters. The van der Waals surface area contributed by atoms with Crippen LogP contribution in [0.2, 0.25) is 0 Å². The van der Waals surface area contributed by atoms with Crippen molar-refractivity contribution in [3.05, 3.63) is 395 Å². The molecule has 0 heterocycles. The van der Waals surface area contributed by atoms with E-state index in [1.807, 2.05) is 261 Å². The van der Waals surface area contributed by atoms with E-state index in [1.165, 1.54) is 18.9 Å². The van der Waals surface area contributed by atoms with Gasteiger partial charge < -0.3 is 80.3 Å². The normalized spacial score (nSPS) is 10.1. The number of aldehydes is 7. The zero-order valence-corrected chi connectivity index (χ0v) is 81.4. The van der Waals surface area contributed by atoms with Gasteiger partial charge in [0.1, 0.15) is 49.8 Å². The summed E-state index contributed by atoms with van der Waals surface area (Å²) in [7, 11) is 9.71. The van der Waals surface area contributed by atoms with Crippen molar-refractivity contribution in [3.63, 3.8) is 0 Å². The van der Waals surface area contributed by atoms with E-state index in [0.29, 0.717) is 78.8 Å². The predicted molar refractivity (Wildman–Crippen MR) is 567 cm³/mol. The fourth-order valence-corrected chi connectivity index (χ4v) is 14.4. The molecule has 0 aliphatic rings. The second kappa shape index (κ2) is 60.9. The van der Waals surface area contributed by atoms with Crippen LogP contribution in [0, 0.1) is 0 Å². The summed E-state index contributed by atoms with van der Waals surface area (Å²) in [6.45, 7) is 1.49. The molecule has 8 N–H and O–H groups in total. The zero-order chi connectivity index (χ0) is 103. The van der Waals surface area contributed by atoms with E-state index in [1.54, 1.807) is 76.5 Å². The number of nitrogens with zero attached hydrogens (tertiary/aromatic N) is 2. The summed E-state index contributed by atoms with van der Waals surface area (Å²) in [6, 6.07) is 108. The molecule has 143 heavy (non-hydrogen) atoms. The number of nitrogens with two attached hydrogens (primary N) is 2. The van der Waals surface area contributed by atoms with Gasteiger partial charge in [0.25, 0.3) is 11.8 Å². The SMILES string of the molecule is CC(=O)Nc1ccc(-c2cccc(CCC=O)c2)cc1.CN(C)C(=O)Oc1ccc(-c2cccc(CCC=O)c2)cc1.CN(C)C(=O)c1ccc(-c2cccc(CCC=O)c2)cc1.CNC(=O)c1ccc(-c2cccc(CCC=O)c2)cc1.COC(=O)Nc1ccc(-c2cccc(CCC=O)c2)cc1.NC(=O)Nc1ccc(-c2cccc(CCC=O)c2)cc1.NC(=O)c1ccc(-c2cccc(CCC=O)c2)cc1. The molecule has 0 saturated carbocycles. The second-order valence-electron chi connectivity index (χ2n) is 33.0. The molecular formula is C119H120N8O16. The summed E-state index contributed by atoms with van der Waals surface area (Å²) in [5.74, 6) is -0.0722. The lowest BCUT2D eigenvalue weighted by Gasteiger charge is -2.11. The Labute approximate surface area is 835 Å². The van der Waals surface area contributed by atoms with Gasteiger partial charge in [0.2, 0.25) is 11.8 Å². The van der Waals surface area contributed by atoms with Gasteiger partial charge in [-0.25, -0.2) is 14.4 Å². The first-order chi connectivity index (χ1) is 69.2. The van der Waals surface area contributed by atoms with E-state index in [-0.39, 0.29) is 17.7 Å². The number of benzene rings is 14. The number of rotatable bonds is 35. The number of aryl methyl sites for hydroxylation is 7. The highest BCUT2D eigenvalue weighted by molar-refractivity contribution is 5.96. The second-order valence-corrected chi connectivity index (χ2v) is 33.0. The highest BCUT2D eigenvalue weighted by atomic mass is 16.6. The highest BCUT2D eigenvalue weighted by Crippen LogP contribution is 2.31. The monoisotopic (exact) mass is 1920 g/mol. The Hall–Kier alpha value is -17.5. The van der Waals surface area contributed by atoms with Crippen molar-refractivity contribution in [2.45, 2.75) is 96.8 Å². The third-order valence-corrected chi connectivity index (χ3v) is 21.9. The summed E-state index contributed by atoms with van der Waals surface area (Å²) >= 11 is 0. The number of ether oxygens (including phenoxy) is 2. The number of methoxy groups -OCH3 is 1. The molecule has 14 rings (SSSR count). The smallest absolute Gasteiger partial charge is 0.414 e. The molecule has 24 heteroatoms. The number of urea groups is 1. The van der Waals surface area contributed by atoms with Crippen LogP contribution in [0.3, 0.4) is 0 Å². The predicted octanol–water partition coefficient (Wildman–Crippen LogP) is 22.2. The van der Waals surface area contributed by atoms with E-state index in [4.69, 9.17) is 16.2 Å². The minimum atomic E-state index is -0.575. The van der Waals surface area contributed by atoms with Crippen LogP contribution in [0.4, 0.5) is 31.4 Å². The quantitative estimate of drug-likeness (QED) is 0.0201. The number of amides is 8. The summed E-state index contributed by atoms with van der Waals surface area (Å²) in [6.07, 6.45) is 14.7. The minimum absolute atomic E-state index is 0.00119. The molecule has 0 aliphatic carbocycles. The number of nitrogens with one attached hydrogen (secondary N) is 4. The van der Waals surface area contributed by atoms with Crippen molar-refractivity contribution >= 4 is 103 Å². The molecule has 0 bridgehead atoms. The highest BCUT2D eigenvalue weighted by Gasteiger charge is 2.14. The number of primary amides is 2. The lowest BCUT2D eigenvalue weighted by molar-refractivity contribution is -0.114. The minimum Gasteiger partial charge on any atom is -0.453 e. The number of hydrogen-bond donors (Lipinski definition) is 6. The van der Waals surface area contributed by atoms with Crippen LogP contribution in [-0.2, 0) is 88.0 Å². The van der Waals surface area contributed by atoms with Crippen LogP contribution in [-0.4, -0.2) is 138 Å². The van der Waals surface area contributed by atoms with Gasteiger partial charge in [-0.2, -0.15) is 0 Å². The van der Waals surface area contributed by atoms with Gasteiger partial charge in [0, 0.05) is 121 Å². The van der Waals surface area contributed by atoms with Crippen LogP contribution >= 0.6 is 0 Å². The number of anilines is 3. The molecule has 0 fully saturated rings. The molecule has 0 aromatic heterocycles. The molecule has 0 atom stereocenters. The van der Waals surface area contributed by atoms with Crippen molar-refractivity contribution in [2.24, 2.45) is 11.5 Å². The van der Waals surface area contributed by atoms with E-state index >= 15 is 0 Å². The van der Waals surface area contributed by atoms with Crippen molar-refractivity contribution in [3.8, 4) is 83.6 Å².